The zero-order valence-corrected chi connectivity index (χ0v) is 24.0. The lowest BCUT2D eigenvalue weighted by Crippen LogP contribution is -2.55. The minimum Gasteiger partial charge on any atom is -0.446 e. The first-order valence-corrected chi connectivity index (χ1v) is 14.4. The van der Waals surface area contributed by atoms with Gasteiger partial charge in [0.15, 0.2) is 5.69 Å². The van der Waals surface area contributed by atoms with E-state index >= 15 is 0 Å². The van der Waals surface area contributed by atoms with Crippen LogP contribution in [0.3, 0.4) is 0 Å². The standard InChI is InChI=1S/C30H39N7O5/c1-20(2)26-30-35-24(19-42-30)27(39)31-14-7-6-12-22(33-25(38)13-8-16-37-17-9-15-32-37)28(40)34-23(29(41)36-26)18-21-10-4-3-5-11-21/h3-5,9-11,15,17,19-20,22-23,26H,6-8,12-14,16,18H2,1-2H3,(H,31,39)(H,33,38)(H,34,40)(H,36,41)/t22-,23-,26-/m0/s1. The van der Waals surface area contributed by atoms with Gasteiger partial charge in [0.25, 0.3) is 5.91 Å². The maximum Gasteiger partial charge on any atom is 0.273 e. The molecule has 0 saturated carbocycles. The Morgan fingerprint density at radius 3 is 2.64 bits per heavy atom. The van der Waals surface area contributed by atoms with Crippen molar-refractivity contribution >= 4 is 23.6 Å². The maximum absolute atomic E-state index is 13.7. The number of amides is 4. The summed E-state index contributed by atoms with van der Waals surface area (Å²) in [7, 11) is 0. The number of fused-ring (bicyclic) bond motifs is 2. The third kappa shape index (κ3) is 8.76. The number of nitrogens with zero attached hydrogens (tertiary/aromatic N) is 3. The van der Waals surface area contributed by atoms with E-state index in [0.29, 0.717) is 38.8 Å². The number of carbonyl (C=O) groups is 4. The predicted octanol–water partition coefficient (Wildman–Crippen LogP) is 2.29. The molecule has 12 nitrogen and oxygen atoms in total. The summed E-state index contributed by atoms with van der Waals surface area (Å²) < 4.78 is 7.34. The number of aromatic nitrogens is 3. The third-order valence-electron chi connectivity index (χ3n) is 7.11. The molecule has 12 heteroatoms. The highest BCUT2D eigenvalue weighted by atomic mass is 16.3. The lowest BCUT2D eigenvalue weighted by molar-refractivity contribution is -0.132. The van der Waals surface area contributed by atoms with Gasteiger partial charge in [0.2, 0.25) is 23.6 Å². The van der Waals surface area contributed by atoms with Gasteiger partial charge < -0.3 is 25.7 Å². The fraction of sp³-hybridized carbons (Fsp3) is 0.467. The van der Waals surface area contributed by atoms with Crippen LogP contribution in [0, 0.1) is 5.92 Å². The van der Waals surface area contributed by atoms with Crippen molar-refractivity contribution in [2.45, 2.75) is 77.0 Å². The molecule has 1 aromatic carbocycles. The molecule has 0 spiro atoms. The summed E-state index contributed by atoms with van der Waals surface area (Å²) >= 11 is 0. The molecule has 42 heavy (non-hydrogen) atoms. The molecule has 0 aliphatic carbocycles. The number of benzene rings is 1. The van der Waals surface area contributed by atoms with E-state index in [1.807, 2.05) is 56.4 Å². The van der Waals surface area contributed by atoms with Crippen LogP contribution in [0.2, 0.25) is 0 Å². The number of aryl methyl sites for hydroxylation is 1. The first-order chi connectivity index (χ1) is 20.3. The summed E-state index contributed by atoms with van der Waals surface area (Å²) in [6, 6.07) is 8.80. The van der Waals surface area contributed by atoms with Gasteiger partial charge >= 0.3 is 0 Å². The van der Waals surface area contributed by atoms with E-state index < -0.39 is 29.9 Å². The molecule has 0 saturated heterocycles. The summed E-state index contributed by atoms with van der Waals surface area (Å²) in [5, 5.41) is 15.7. The Hall–Kier alpha value is -4.48. The number of hydrogen-bond donors (Lipinski definition) is 4. The topological polar surface area (TPSA) is 160 Å². The Morgan fingerprint density at radius 2 is 1.90 bits per heavy atom. The zero-order valence-electron chi connectivity index (χ0n) is 24.0. The summed E-state index contributed by atoms with van der Waals surface area (Å²) in [4.78, 5) is 57.1. The molecule has 4 amide bonds. The van der Waals surface area contributed by atoms with Gasteiger partial charge in [0.1, 0.15) is 24.4 Å². The van der Waals surface area contributed by atoms with Gasteiger partial charge in [0.05, 0.1) is 0 Å². The summed E-state index contributed by atoms with van der Waals surface area (Å²) in [5.41, 5.74) is 0.995. The van der Waals surface area contributed by atoms with Crippen LogP contribution in [-0.4, -0.2) is 57.0 Å². The van der Waals surface area contributed by atoms with Gasteiger partial charge in [-0.05, 0) is 43.2 Å². The van der Waals surface area contributed by atoms with Crippen molar-refractivity contribution in [1.29, 1.82) is 0 Å². The van der Waals surface area contributed by atoms with Gasteiger partial charge in [-0.25, -0.2) is 4.98 Å². The van der Waals surface area contributed by atoms with E-state index in [2.05, 4.69) is 31.3 Å². The lowest BCUT2D eigenvalue weighted by atomic mass is 10.0. The normalized spacial score (nSPS) is 20.5. The minimum absolute atomic E-state index is 0.121. The van der Waals surface area contributed by atoms with Crippen molar-refractivity contribution < 1.29 is 23.6 Å². The molecule has 3 atom stereocenters. The molecule has 0 unspecified atom stereocenters. The summed E-state index contributed by atoms with van der Waals surface area (Å²) in [5.74, 6) is -1.42. The monoisotopic (exact) mass is 577 g/mol. The van der Waals surface area contributed by atoms with Gasteiger partial charge in [0, 0.05) is 38.3 Å². The third-order valence-corrected chi connectivity index (χ3v) is 7.11. The van der Waals surface area contributed by atoms with Gasteiger partial charge in [-0.1, -0.05) is 44.2 Å². The quantitative estimate of drug-likeness (QED) is 0.320. The fourth-order valence-corrected chi connectivity index (χ4v) is 4.77. The minimum atomic E-state index is -0.925. The van der Waals surface area contributed by atoms with E-state index in [1.54, 1.807) is 10.9 Å². The predicted molar refractivity (Wildman–Crippen MR) is 154 cm³/mol. The second-order valence-electron chi connectivity index (χ2n) is 10.8. The molecular formula is C30H39N7O5. The van der Waals surface area contributed by atoms with E-state index in [-0.39, 0.29) is 42.2 Å². The molecule has 1 aliphatic rings. The zero-order chi connectivity index (χ0) is 29.9. The van der Waals surface area contributed by atoms with Crippen molar-refractivity contribution in [2.24, 2.45) is 5.92 Å². The SMILES string of the molecule is CC(C)[C@@H]1NC(=O)[C@H](Cc2ccccc2)NC(=O)[C@@H](NC(=O)CCCn2cccn2)CCCCNC(=O)c2coc1n2. The van der Waals surface area contributed by atoms with Crippen molar-refractivity contribution in [3.8, 4) is 0 Å². The highest BCUT2D eigenvalue weighted by Crippen LogP contribution is 2.22. The van der Waals surface area contributed by atoms with Crippen LogP contribution >= 0.6 is 0 Å². The first kappa shape index (κ1) is 30.5. The Labute approximate surface area is 245 Å². The Morgan fingerprint density at radius 1 is 1.10 bits per heavy atom. The summed E-state index contributed by atoms with van der Waals surface area (Å²) in [6.07, 6.45) is 7.30. The second kappa shape index (κ2) is 14.9. The highest BCUT2D eigenvalue weighted by molar-refractivity contribution is 5.93. The second-order valence-corrected chi connectivity index (χ2v) is 10.8. The van der Waals surface area contributed by atoms with Crippen LogP contribution in [0.25, 0.3) is 0 Å². The molecule has 2 bridgehead atoms. The molecule has 4 rings (SSSR count). The van der Waals surface area contributed by atoms with Gasteiger partial charge in [-0.3, -0.25) is 23.9 Å². The number of nitrogens with one attached hydrogen (secondary N) is 4. The van der Waals surface area contributed by atoms with Crippen LogP contribution in [0.1, 0.15) is 73.9 Å². The molecule has 3 aromatic rings. The lowest BCUT2D eigenvalue weighted by Gasteiger charge is -2.26. The van der Waals surface area contributed by atoms with Crippen molar-refractivity contribution in [3.63, 3.8) is 0 Å². The van der Waals surface area contributed by atoms with Crippen LogP contribution in [0.15, 0.2) is 59.5 Å². The molecule has 4 N–H and O–H groups in total. The molecular weight excluding hydrogens is 538 g/mol. The molecule has 0 radical (unpaired) electrons. The van der Waals surface area contributed by atoms with E-state index in [4.69, 9.17) is 4.42 Å². The van der Waals surface area contributed by atoms with Crippen molar-refractivity contribution in [3.05, 3.63) is 72.2 Å². The number of oxazole rings is 1. The van der Waals surface area contributed by atoms with E-state index in [1.165, 1.54) is 6.26 Å². The fourth-order valence-electron chi connectivity index (χ4n) is 4.77. The van der Waals surface area contributed by atoms with E-state index in [9.17, 15) is 19.2 Å². The Balaban J connectivity index is 1.53. The maximum atomic E-state index is 13.7. The van der Waals surface area contributed by atoms with Gasteiger partial charge in [-0.2, -0.15) is 5.10 Å². The molecule has 3 heterocycles. The molecule has 2 aromatic heterocycles. The van der Waals surface area contributed by atoms with E-state index in [0.717, 1.165) is 5.56 Å². The number of hydrogen-bond acceptors (Lipinski definition) is 7. The van der Waals surface area contributed by atoms with Gasteiger partial charge in [-0.15, -0.1) is 0 Å². The first-order valence-electron chi connectivity index (χ1n) is 14.4. The number of rotatable bonds is 8. The molecule has 0 fully saturated rings. The smallest absolute Gasteiger partial charge is 0.273 e. The largest absolute Gasteiger partial charge is 0.446 e. The average Bonchev–Trinajstić information content (AvgIpc) is 3.67. The van der Waals surface area contributed by atoms with Crippen LogP contribution in [0.4, 0.5) is 0 Å². The van der Waals surface area contributed by atoms with Crippen molar-refractivity contribution in [2.75, 3.05) is 6.54 Å². The van der Waals surface area contributed by atoms with Crippen LogP contribution < -0.4 is 21.3 Å². The Bertz CT molecular complexity index is 1320. The number of carbonyl (C=O) groups excluding carboxylic acids is 4. The average molecular weight is 578 g/mol. The van der Waals surface area contributed by atoms with Crippen LogP contribution in [0.5, 0.6) is 0 Å². The molecule has 1 aliphatic heterocycles. The summed E-state index contributed by atoms with van der Waals surface area (Å²) in [6.45, 7) is 4.75. The van der Waals surface area contributed by atoms with Crippen LogP contribution in [-0.2, 0) is 27.3 Å². The Kier molecular flexibility index (Phi) is 10.8. The highest BCUT2D eigenvalue weighted by Gasteiger charge is 2.31. The van der Waals surface area contributed by atoms with Crippen molar-refractivity contribution in [1.82, 2.24) is 36.0 Å². The molecule has 224 valence electrons.